The SMILES string of the molecule is CNc1nnc(Sc2ccc(S(=O)(=O)Nc3ccc(C)cc3C)cc2[N+](=O)[O-])s1. The quantitative estimate of drug-likeness (QED) is 0.407. The lowest BCUT2D eigenvalue weighted by molar-refractivity contribution is -0.388. The monoisotopic (exact) mass is 451 g/mol. The number of hydrogen-bond acceptors (Lipinski definition) is 9. The molecule has 0 aliphatic rings. The molecule has 0 unspecified atom stereocenters. The van der Waals surface area contributed by atoms with Crippen LogP contribution in [0.5, 0.6) is 0 Å². The van der Waals surface area contributed by atoms with Gasteiger partial charge in [0.05, 0.1) is 20.4 Å². The van der Waals surface area contributed by atoms with Crippen molar-refractivity contribution in [3.05, 3.63) is 57.6 Å². The zero-order valence-electron chi connectivity index (χ0n) is 15.7. The fourth-order valence-corrected chi connectivity index (χ4v) is 5.37. The summed E-state index contributed by atoms with van der Waals surface area (Å²) in [5.74, 6) is 0. The van der Waals surface area contributed by atoms with Crippen LogP contribution in [0.3, 0.4) is 0 Å². The summed E-state index contributed by atoms with van der Waals surface area (Å²) >= 11 is 2.29. The Morgan fingerprint density at radius 2 is 1.90 bits per heavy atom. The zero-order valence-corrected chi connectivity index (χ0v) is 18.1. The maximum absolute atomic E-state index is 12.8. The van der Waals surface area contributed by atoms with E-state index in [0.717, 1.165) is 29.0 Å². The number of nitrogens with zero attached hydrogens (tertiary/aromatic N) is 3. The highest BCUT2D eigenvalue weighted by Gasteiger charge is 2.23. The summed E-state index contributed by atoms with van der Waals surface area (Å²) in [7, 11) is -2.30. The zero-order chi connectivity index (χ0) is 21.2. The third-order valence-corrected chi connectivity index (χ3v) is 7.30. The fraction of sp³-hybridized carbons (Fsp3) is 0.176. The van der Waals surface area contributed by atoms with Gasteiger partial charge in [-0.2, -0.15) is 0 Å². The lowest BCUT2D eigenvalue weighted by Crippen LogP contribution is -2.14. The van der Waals surface area contributed by atoms with Gasteiger partial charge in [-0.3, -0.25) is 14.8 Å². The second-order valence-electron chi connectivity index (χ2n) is 6.04. The minimum atomic E-state index is -3.99. The molecule has 0 bridgehead atoms. The molecule has 152 valence electrons. The Balaban J connectivity index is 1.93. The van der Waals surface area contributed by atoms with Crippen molar-refractivity contribution in [2.24, 2.45) is 0 Å². The van der Waals surface area contributed by atoms with Gasteiger partial charge < -0.3 is 5.32 Å². The van der Waals surface area contributed by atoms with Crippen molar-refractivity contribution in [1.82, 2.24) is 10.2 Å². The average Bonchev–Trinajstić information content (AvgIpc) is 3.11. The van der Waals surface area contributed by atoms with Gasteiger partial charge in [-0.15, -0.1) is 10.2 Å². The van der Waals surface area contributed by atoms with E-state index in [2.05, 4.69) is 20.2 Å². The first kappa shape index (κ1) is 21.0. The van der Waals surface area contributed by atoms with Gasteiger partial charge in [-0.25, -0.2) is 8.42 Å². The van der Waals surface area contributed by atoms with Gasteiger partial charge >= 0.3 is 0 Å². The third kappa shape index (κ3) is 4.83. The first-order chi connectivity index (χ1) is 13.7. The van der Waals surface area contributed by atoms with E-state index in [4.69, 9.17) is 0 Å². The maximum atomic E-state index is 12.8. The Kier molecular flexibility index (Phi) is 6.05. The molecule has 0 saturated heterocycles. The highest BCUT2D eigenvalue weighted by Crippen LogP contribution is 2.38. The second kappa shape index (κ2) is 8.35. The van der Waals surface area contributed by atoms with Gasteiger partial charge in [-0.05, 0) is 49.4 Å². The lowest BCUT2D eigenvalue weighted by atomic mass is 10.1. The summed E-state index contributed by atoms with van der Waals surface area (Å²) in [6.45, 7) is 3.69. The van der Waals surface area contributed by atoms with Crippen LogP contribution in [0.4, 0.5) is 16.5 Å². The standard InChI is InChI=1S/C17H17N5O4S3/c1-10-4-6-13(11(2)8-10)21-29(25,26)12-5-7-15(14(9-12)22(23)24)27-17-20-19-16(18-3)28-17/h4-9,21H,1-3H3,(H,18,19). The van der Waals surface area contributed by atoms with Crippen molar-refractivity contribution in [2.45, 2.75) is 28.0 Å². The van der Waals surface area contributed by atoms with Crippen molar-refractivity contribution in [3.8, 4) is 0 Å². The summed E-state index contributed by atoms with van der Waals surface area (Å²) in [4.78, 5) is 11.0. The Bertz CT molecular complexity index is 1180. The number of nitro benzene ring substituents is 1. The number of benzene rings is 2. The molecule has 0 radical (unpaired) electrons. The lowest BCUT2D eigenvalue weighted by Gasteiger charge is -2.11. The number of anilines is 2. The smallest absolute Gasteiger partial charge is 0.284 e. The Hall–Kier alpha value is -2.70. The molecule has 0 saturated carbocycles. The summed E-state index contributed by atoms with van der Waals surface area (Å²) in [6, 6.07) is 9.08. The maximum Gasteiger partial charge on any atom is 0.284 e. The van der Waals surface area contributed by atoms with E-state index < -0.39 is 14.9 Å². The van der Waals surface area contributed by atoms with Crippen LogP contribution in [0.15, 0.2) is 50.5 Å². The van der Waals surface area contributed by atoms with Gasteiger partial charge in [0.1, 0.15) is 0 Å². The second-order valence-corrected chi connectivity index (χ2v) is 9.98. The van der Waals surface area contributed by atoms with Crippen LogP contribution in [0.25, 0.3) is 0 Å². The van der Waals surface area contributed by atoms with E-state index in [9.17, 15) is 18.5 Å². The number of rotatable bonds is 7. The first-order valence-corrected chi connectivity index (χ1v) is 11.4. The van der Waals surface area contributed by atoms with Crippen LogP contribution in [-0.4, -0.2) is 30.6 Å². The van der Waals surface area contributed by atoms with Crippen molar-refractivity contribution in [2.75, 3.05) is 17.1 Å². The van der Waals surface area contributed by atoms with Crippen molar-refractivity contribution in [3.63, 3.8) is 0 Å². The molecule has 12 heteroatoms. The molecule has 3 aromatic rings. The van der Waals surface area contributed by atoms with Crippen LogP contribution in [-0.2, 0) is 10.0 Å². The topological polar surface area (TPSA) is 127 Å². The largest absolute Gasteiger partial charge is 0.363 e. The van der Waals surface area contributed by atoms with E-state index >= 15 is 0 Å². The Labute approximate surface area is 175 Å². The van der Waals surface area contributed by atoms with Gasteiger partial charge in [-0.1, -0.05) is 29.0 Å². The highest BCUT2D eigenvalue weighted by molar-refractivity contribution is 8.01. The van der Waals surface area contributed by atoms with Crippen molar-refractivity contribution in [1.29, 1.82) is 0 Å². The molecular weight excluding hydrogens is 434 g/mol. The molecule has 2 aromatic carbocycles. The number of nitrogens with one attached hydrogen (secondary N) is 2. The molecule has 0 spiro atoms. The molecule has 0 fully saturated rings. The molecule has 0 aliphatic heterocycles. The number of aromatic nitrogens is 2. The molecule has 9 nitrogen and oxygen atoms in total. The van der Waals surface area contributed by atoms with E-state index in [1.54, 1.807) is 26.1 Å². The van der Waals surface area contributed by atoms with E-state index in [0.29, 0.717) is 15.2 Å². The molecule has 2 N–H and O–H groups in total. The summed E-state index contributed by atoms with van der Waals surface area (Å²) in [5.41, 5.74) is 1.86. The van der Waals surface area contributed by atoms with Gasteiger partial charge in [0.25, 0.3) is 15.7 Å². The summed E-state index contributed by atoms with van der Waals surface area (Å²) in [5, 5.41) is 22.8. The normalized spacial score (nSPS) is 11.3. The van der Waals surface area contributed by atoms with Crippen LogP contribution >= 0.6 is 23.1 Å². The molecule has 0 aliphatic carbocycles. The molecule has 1 aromatic heterocycles. The summed E-state index contributed by atoms with van der Waals surface area (Å²) in [6.07, 6.45) is 0. The molecule has 29 heavy (non-hydrogen) atoms. The Morgan fingerprint density at radius 1 is 1.14 bits per heavy atom. The number of hydrogen-bond donors (Lipinski definition) is 2. The predicted octanol–water partition coefficient (Wildman–Crippen LogP) is 4.06. The van der Waals surface area contributed by atoms with E-state index in [-0.39, 0.29) is 15.5 Å². The number of sulfonamides is 1. The fourth-order valence-electron chi connectivity index (χ4n) is 2.47. The van der Waals surface area contributed by atoms with Crippen molar-refractivity contribution < 1.29 is 13.3 Å². The van der Waals surface area contributed by atoms with Crippen molar-refractivity contribution >= 4 is 49.6 Å². The predicted molar refractivity (Wildman–Crippen MR) is 113 cm³/mol. The minimum Gasteiger partial charge on any atom is -0.363 e. The molecule has 0 amide bonds. The summed E-state index contributed by atoms with van der Waals surface area (Å²) < 4.78 is 28.5. The minimum absolute atomic E-state index is 0.193. The third-order valence-electron chi connectivity index (χ3n) is 3.88. The van der Waals surface area contributed by atoms with E-state index in [1.165, 1.54) is 23.5 Å². The molecule has 1 heterocycles. The van der Waals surface area contributed by atoms with Crippen LogP contribution < -0.4 is 10.0 Å². The number of aryl methyl sites for hydroxylation is 2. The molecule has 0 atom stereocenters. The molecular formula is C17H17N5O4S3. The first-order valence-electron chi connectivity index (χ1n) is 8.27. The van der Waals surface area contributed by atoms with Gasteiger partial charge in [0.15, 0.2) is 4.34 Å². The van der Waals surface area contributed by atoms with Gasteiger partial charge in [0.2, 0.25) is 5.13 Å². The number of nitro groups is 1. The average molecular weight is 452 g/mol. The highest BCUT2D eigenvalue weighted by atomic mass is 32.2. The Morgan fingerprint density at radius 3 is 2.52 bits per heavy atom. The van der Waals surface area contributed by atoms with Crippen LogP contribution in [0.2, 0.25) is 0 Å². The van der Waals surface area contributed by atoms with Gasteiger partial charge in [0, 0.05) is 13.1 Å². The van der Waals surface area contributed by atoms with E-state index in [1.807, 2.05) is 13.0 Å². The molecule has 3 rings (SSSR count). The van der Waals surface area contributed by atoms with Crippen LogP contribution in [0.1, 0.15) is 11.1 Å². The van der Waals surface area contributed by atoms with Crippen LogP contribution in [0, 0.1) is 24.0 Å².